The van der Waals surface area contributed by atoms with Crippen LogP contribution in [-0.4, -0.2) is 11.5 Å². The Labute approximate surface area is 101 Å². The largest absolute Gasteiger partial charge is 0.330 e. The van der Waals surface area contributed by atoms with Crippen LogP contribution in [0.2, 0.25) is 0 Å². The van der Waals surface area contributed by atoms with Crippen LogP contribution in [0.3, 0.4) is 0 Å². The van der Waals surface area contributed by atoms with Crippen molar-refractivity contribution in [2.24, 2.45) is 5.73 Å². The summed E-state index contributed by atoms with van der Waals surface area (Å²) in [5.41, 5.74) is 8.39. The maximum Gasteiger partial charge on any atom is 0.251 e. The van der Waals surface area contributed by atoms with E-state index in [1.54, 1.807) is 0 Å². The minimum absolute atomic E-state index is 0.0313. The van der Waals surface area contributed by atoms with Crippen LogP contribution in [0.15, 0.2) is 29.1 Å². The number of unbranched alkanes of at least 4 members (excludes halogenated alkanes) is 1. The summed E-state index contributed by atoms with van der Waals surface area (Å²) in [6.07, 6.45) is 2.73. The zero-order valence-corrected chi connectivity index (χ0v) is 10.1. The number of fused-ring (bicyclic) bond motifs is 1. The summed E-state index contributed by atoms with van der Waals surface area (Å²) in [6.45, 7) is 2.69. The van der Waals surface area contributed by atoms with Crippen LogP contribution in [0.4, 0.5) is 0 Å². The number of aromatic amines is 1. The van der Waals surface area contributed by atoms with Crippen LogP contribution in [0.25, 0.3) is 10.9 Å². The highest BCUT2D eigenvalue weighted by molar-refractivity contribution is 5.81. The van der Waals surface area contributed by atoms with Gasteiger partial charge in [0.2, 0.25) is 0 Å². The Hall–Kier alpha value is -1.61. The molecule has 3 nitrogen and oxygen atoms in total. The Morgan fingerprint density at radius 2 is 2.12 bits per heavy atom. The highest BCUT2D eigenvalue weighted by atomic mass is 16.1. The first-order chi connectivity index (χ1) is 8.22. The maximum atomic E-state index is 11.9. The molecule has 0 saturated carbocycles. The molecule has 0 fully saturated rings. The fraction of sp³-hybridized carbons (Fsp3) is 0.357. The molecule has 90 valence electrons. The fourth-order valence-corrected chi connectivity index (χ4v) is 2.07. The molecule has 2 rings (SSSR count). The zero-order chi connectivity index (χ0) is 12.3. The summed E-state index contributed by atoms with van der Waals surface area (Å²) in [6, 6.07) is 8.05. The molecule has 1 aromatic carbocycles. The molecular formula is C14H18N2O. The Bertz CT molecular complexity index is 572. The highest BCUT2D eigenvalue weighted by Gasteiger charge is 2.04. The molecule has 2 aromatic rings. The summed E-state index contributed by atoms with van der Waals surface area (Å²) in [7, 11) is 0. The van der Waals surface area contributed by atoms with E-state index in [-0.39, 0.29) is 5.56 Å². The van der Waals surface area contributed by atoms with Crippen molar-refractivity contribution in [1.82, 2.24) is 4.98 Å². The number of aromatic nitrogens is 1. The quantitative estimate of drug-likeness (QED) is 0.790. The van der Waals surface area contributed by atoms with Crippen LogP contribution in [0.5, 0.6) is 0 Å². The van der Waals surface area contributed by atoms with Gasteiger partial charge in [-0.05, 0) is 49.7 Å². The molecule has 0 radical (unpaired) electrons. The second kappa shape index (κ2) is 5.15. The number of hydrogen-bond acceptors (Lipinski definition) is 2. The van der Waals surface area contributed by atoms with Gasteiger partial charge in [-0.25, -0.2) is 0 Å². The van der Waals surface area contributed by atoms with Crippen molar-refractivity contribution >= 4 is 10.9 Å². The molecule has 1 aromatic heterocycles. The molecule has 0 spiro atoms. The van der Waals surface area contributed by atoms with Crippen molar-refractivity contribution < 1.29 is 0 Å². The predicted molar refractivity (Wildman–Crippen MR) is 71.3 cm³/mol. The van der Waals surface area contributed by atoms with Crippen molar-refractivity contribution in [3.8, 4) is 0 Å². The normalized spacial score (nSPS) is 10.9. The SMILES string of the molecule is Cc1cccc2cc(CCCCN)c(=O)[nH]c12. The lowest BCUT2D eigenvalue weighted by molar-refractivity contribution is 0.740. The molecule has 3 N–H and O–H groups in total. The molecule has 1 heterocycles. The Balaban J connectivity index is 2.38. The molecule has 0 aliphatic heterocycles. The number of pyridine rings is 1. The number of benzene rings is 1. The van der Waals surface area contributed by atoms with E-state index in [1.807, 2.05) is 31.2 Å². The molecule has 17 heavy (non-hydrogen) atoms. The van der Waals surface area contributed by atoms with Crippen LogP contribution in [0.1, 0.15) is 24.0 Å². The van der Waals surface area contributed by atoms with Gasteiger partial charge in [0.1, 0.15) is 0 Å². The number of H-pyrrole nitrogens is 1. The zero-order valence-electron chi connectivity index (χ0n) is 10.1. The van der Waals surface area contributed by atoms with Crippen molar-refractivity contribution in [1.29, 1.82) is 0 Å². The van der Waals surface area contributed by atoms with Crippen molar-refractivity contribution in [2.45, 2.75) is 26.2 Å². The molecule has 0 unspecified atom stereocenters. The van der Waals surface area contributed by atoms with Gasteiger partial charge < -0.3 is 10.7 Å². The van der Waals surface area contributed by atoms with E-state index >= 15 is 0 Å². The Morgan fingerprint density at radius 1 is 1.29 bits per heavy atom. The van der Waals surface area contributed by atoms with E-state index in [4.69, 9.17) is 5.73 Å². The standard InChI is InChI=1S/C14H18N2O/c1-10-5-4-7-11-9-12(6-2-3-8-15)14(17)16-13(10)11/h4-5,7,9H,2-3,6,8,15H2,1H3,(H,16,17). The Morgan fingerprint density at radius 3 is 2.88 bits per heavy atom. The first-order valence-corrected chi connectivity index (χ1v) is 6.04. The predicted octanol–water partition coefficient (Wildman–Crippen LogP) is 2.12. The van der Waals surface area contributed by atoms with Gasteiger partial charge in [-0.1, -0.05) is 18.2 Å². The second-order valence-electron chi connectivity index (χ2n) is 4.41. The van der Waals surface area contributed by atoms with Crippen LogP contribution in [0, 0.1) is 6.92 Å². The number of aryl methyl sites for hydroxylation is 2. The van der Waals surface area contributed by atoms with E-state index in [1.165, 1.54) is 0 Å². The number of nitrogens with two attached hydrogens (primary N) is 1. The van der Waals surface area contributed by atoms with Crippen molar-refractivity contribution in [3.63, 3.8) is 0 Å². The van der Waals surface area contributed by atoms with Gasteiger partial charge in [-0.3, -0.25) is 4.79 Å². The first kappa shape index (κ1) is 11.9. The summed E-state index contributed by atoms with van der Waals surface area (Å²) < 4.78 is 0. The van der Waals surface area contributed by atoms with Gasteiger partial charge in [0.05, 0.1) is 5.52 Å². The van der Waals surface area contributed by atoms with Crippen molar-refractivity contribution in [3.05, 3.63) is 45.7 Å². The van der Waals surface area contributed by atoms with E-state index in [0.717, 1.165) is 41.3 Å². The Kier molecular flexibility index (Phi) is 3.59. The third-order valence-corrected chi connectivity index (χ3v) is 3.07. The van der Waals surface area contributed by atoms with Crippen LogP contribution >= 0.6 is 0 Å². The lowest BCUT2D eigenvalue weighted by atomic mass is 10.1. The summed E-state index contributed by atoms with van der Waals surface area (Å²) in [5, 5.41) is 1.10. The third kappa shape index (κ3) is 2.56. The van der Waals surface area contributed by atoms with Crippen LogP contribution < -0.4 is 11.3 Å². The molecule has 0 amide bonds. The average Bonchev–Trinajstić information content (AvgIpc) is 2.31. The lowest BCUT2D eigenvalue weighted by Crippen LogP contribution is -2.13. The lowest BCUT2D eigenvalue weighted by Gasteiger charge is -2.05. The van der Waals surface area contributed by atoms with E-state index in [2.05, 4.69) is 4.98 Å². The number of rotatable bonds is 4. The third-order valence-electron chi connectivity index (χ3n) is 3.07. The van der Waals surface area contributed by atoms with E-state index in [9.17, 15) is 4.79 Å². The molecular weight excluding hydrogens is 212 g/mol. The van der Waals surface area contributed by atoms with Gasteiger partial charge in [0, 0.05) is 5.56 Å². The topological polar surface area (TPSA) is 58.9 Å². The number of para-hydroxylation sites is 1. The second-order valence-corrected chi connectivity index (χ2v) is 4.41. The maximum absolute atomic E-state index is 11.9. The molecule has 3 heteroatoms. The summed E-state index contributed by atoms with van der Waals surface area (Å²) >= 11 is 0. The molecule has 0 atom stereocenters. The molecule has 0 aliphatic carbocycles. The van der Waals surface area contributed by atoms with E-state index < -0.39 is 0 Å². The molecule has 0 saturated heterocycles. The smallest absolute Gasteiger partial charge is 0.251 e. The molecule has 0 aliphatic rings. The number of hydrogen-bond donors (Lipinski definition) is 2. The highest BCUT2D eigenvalue weighted by Crippen LogP contribution is 2.15. The van der Waals surface area contributed by atoms with Gasteiger partial charge in [-0.15, -0.1) is 0 Å². The van der Waals surface area contributed by atoms with Crippen molar-refractivity contribution in [2.75, 3.05) is 6.54 Å². The first-order valence-electron chi connectivity index (χ1n) is 6.04. The number of nitrogens with one attached hydrogen (secondary N) is 1. The van der Waals surface area contributed by atoms with Gasteiger partial charge >= 0.3 is 0 Å². The van der Waals surface area contributed by atoms with Gasteiger partial charge in [-0.2, -0.15) is 0 Å². The van der Waals surface area contributed by atoms with Gasteiger partial charge in [0.15, 0.2) is 0 Å². The average molecular weight is 230 g/mol. The van der Waals surface area contributed by atoms with Crippen LogP contribution in [-0.2, 0) is 6.42 Å². The minimum Gasteiger partial charge on any atom is -0.330 e. The minimum atomic E-state index is 0.0313. The fourth-order valence-electron chi connectivity index (χ4n) is 2.07. The summed E-state index contributed by atoms with van der Waals surface area (Å²) in [4.78, 5) is 14.9. The molecule has 0 bridgehead atoms. The summed E-state index contributed by atoms with van der Waals surface area (Å²) in [5.74, 6) is 0. The monoisotopic (exact) mass is 230 g/mol. The van der Waals surface area contributed by atoms with E-state index in [0.29, 0.717) is 6.54 Å². The van der Waals surface area contributed by atoms with Gasteiger partial charge in [0.25, 0.3) is 5.56 Å².